The van der Waals surface area contributed by atoms with E-state index in [0.29, 0.717) is 19.7 Å². The highest BCUT2D eigenvalue weighted by molar-refractivity contribution is 7.99. The lowest BCUT2D eigenvalue weighted by molar-refractivity contribution is -0.146. The molecule has 3 aliphatic heterocycles. The van der Waals surface area contributed by atoms with E-state index in [-0.39, 0.29) is 24.2 Å². The Bertz CT molecular complexity index is 304. The molecule has 0 aromatic rings. The Morgan fingerprint density at radius 1 is 1.28 bits per heavy atom. The van der Waals surface area contributed by atoms with Crippen LogP contribution in [0.1, 0.15) is 12.8 Å². The van der Waals surface area contributed by atoms with Crippen molar-refractivity contribution in [2.75, 3.05) is 37.9 Å². The fourth-order valence-corrected chi connectivity index (χ4v) is 3.70. The number of thioether (sulfide) groups is 1. The van der Waals surface area contributed by atoms with Gasteiger partial charge in [-0.15, -0.1) is 11.8 Å². The van der Waals surface area contributed by atoms with Crippen LogP contribution in [0.4, 0.5) is 0 Å². The van der Waals surface area contributed by atoms with Gasteiger partial charge in [0.1, 0.15) is 6.10 Å². The zero-order valence-electron chi connectivity index (χ0n) is 10.5. The second kappa shape index (κ2) is 5.77. The number of nitrogens with one attached hydrogen (secondary N) is 1. The van der Waals surface area contributed by atoms with Crippen molar-refractivity contribution in [3.05, 3.63) is 0 Å². The summed E-state index contributed by atoms with van der Waals surface area (Å²) < 4.78 is 11.4. The summed E-state index contributed by atoms with van der Waals surface area (Å²) in [4.78, 5) is 14.3. The summed E-state index contributed by atoms with van der Waals surface area (Å²) in [6, 6.07) is -0.00162. The van der Waals surface area contributed by atoms with Crippen LogP contribution >= 0.6 is 11.8 Å². The van der Waals surface area contributed by atoms with Crippen molar-refractivity contribution in [3.8, 4) is 0 Å². The van der Waals surface area contributed by atoms with Gasteiger partial charge in [-0.2, -0.15) is 0 Å². The summed E-state index contributed by atoms with van der Waals surface area (Å²) in [5, 5.41) is 3.24. The van der Waals surface area contributed by atoms with E-state index in [1.165, 1.54) is 0 Å². The molecule has 3 heterocycles. The first kappa shape index (κ1) is 12.7. The van der Waals surface area contributed by atoms with E-state index in [4.69, 9.17) is 9.47 Å². The molecule has 0 spiro atoms. The predicted molar refractivity (Wildman–Crippen MR) is 69.5 cm³/mol. The minimum Gasteiger partial charge on any atom is -0.375 e. The summed E-state index contributed by atoms with van der Waals surface area (Å²) in [5.74, 6) is 2.00. The minimum absolute atomic E-state index is 0.00162. The molecule has 3 rings (SSSR count). The van der Waals surface area contributed by atoms with Crippen LogP contribution < -0.4 is 5.32 Å². The molecule has 0 aromatic carbocycles. The highest BCUT2D eigenvalue weighted by Crippen LogP contribution is 2.22. The average Bonchev–Trinajstić information content (AvgIpc) is 3.11. The zero-order chi connectivity index (χ0) is 12.4. The van der Waals surface area contributed by atoms with Crippen LogP contribution in [-0.4, -0.2) is 67.0 Å². The van der Waals surface area contributed by atoms with Crippen molar-refractivity contribution in [3.63, 3.8) is 0 Å². The van der Waals surface area contributed by atoms with Crippen molar-refractivity contribution in [2.45, 2.75) is 31.1 Å². The van der Waals surface area contributed by atoms with Crippen LogP contribution in [0.3, 0.4) is 0 Å². The molecule has 0 bridgehead atoms. The predicted octanol–water partition coefficient (Wildman–Crippen LogP) is 0.0553. The van der Waals surface area contributed by atoms with E-state index in [1.807, 2.05) is 4.90 Å². The van der Waals surface area contributed by atoms with Gasteiger partial charge in [0.2, 0.25) is 5.91 Å². The quantitative estimate of drug-likeness (QED) is 0.770. The van der Waals surface area contributed by atoms with Gasteiger partial charge in [-0.25, -0.2) is 0 Å². The first-order chi connectivity index (χ1) is 8.84. The molecule has 1 N–H and O–H groups in total. The number of hydrogen-bond donors (Lipinski definition) is 1. The maximum absolute atomic E-state index is 12.3. The van der Waals surface area contributed by atoms with Gasteiger partial charge in [0.25, 0.3) is 0 Å². The van der Waals surface area contributed by atoms with Crippen LogP contribution in [0.25, 0.3) is 0 Å². The van der Waals surface area contributed by atoms with Gasteiger partial charge in [-0.3, -0.25) is 10.1 Å². The summed E-state index contributed by atoms with van der Waals surface area (Å²) in [6.07, 6.45) is 2.43. The van der Waals surface area contributed by atoms with Crippen molar-refractivity contribution < 1.29 is 14.3 Å². The van der Waals surface area contributed by atoms with Crippen LogP contribution in [0, 0.1) is 0 Å². The molecule has 3 atom stereocenters. The van der Waals surface area contributed by atoms with E-state index in [0.717, 1.165) is 31.1 Å². The molecule has 1 amide bonds. The third-order valence-electron chi connectivity index (χ3n) is 3.80. The third kappa shape index (κ3) is 2.66. The molecular formula is C12H20N2O3S. The van der Waals surface area contributed by atoms with Gasteiger partial charge in [-0.05, 0) is 12.8 Å². The van der Waals surface area contributed by atoms with Gasteiger partial charge in [-0.1, -0.05) is 0 Å². The van der Waals surface area contributed by atoms with Crippen LogP contribution in [0.5, 0.6) is 0 Å². The van der Waals surface area contributed by atoms with Crippen LogP contribution in [0.2, 0.25) is 0 Å². The van der Waals surface area contributed by atoms with E-state index in [1.54, 1.807) is 11.8 Å². The number of morpholine rings is 1. The van der Waals surface area contributed by atoms with E-state index in [9.17, 15) is 4.79 Å². The molecule has 0 saturated carbocycles. The Hall–Kier alpha value is -0.300. The lowest BCUT2D eigenvalue weighted by Gasteiger charge is -2.36. The topological polar surface area (TPSA) is 50.8 Å². The smallest absolute Gasteiger partial charge is 0.240 e. The number of hydrogen-bond acceptors (Lipinski definition) is 5. The lowest BCUT2D eigenvalue weighted by Crippen LogP contribution is -2.54. The summed E-state index contributed by atoms with van der Waals surface area (Å²) >= 11 is 1.79. The largest absolute Gasteiger partial charge is 0.375 e. The number of amides is 1. The van der Waals surface area contributed by atoms with Crippen molar-refractivity contribution in [1.82, 2.24) is 10.2 Å². The zero-order valence-corrected chi connectivity index (χ0v) is 11.3. The van der Waals surface area contributed by atoms with E-state index < -0.39 is 0 Å². The molecule has 102 valence electrons. The Labute approximate surface area is 112 Å². The van der Waals surface area contributed by atoms with E-state index in [2.05, 4.69) is 5.32 Å². The summed E-state index contributed by atoms with van der Waals surface area (Å²) in [7, 11) is 0. The maximum atomic E-state index is 12.3. The Morgan fingerprint density at radius 3 is 2.89 bits per heavy atom. The van der Waals surface area contributed by atoms with Crippen molar-refractivity contribution >= 4 is 17.7 Å². The minimum atomic E-state index is -0.00162. The molecule has 3 saturated heterocycles. The SMILES string of the molecule is O=C([C@@H]1CSCN1)N1CCO[C@H]([C@H]2CCCO2)C1. The van der Waals surface area contributed by atoms with E-state index >= 15 is 0 Å². The molecule has 5 nitrogen and oxygen atoms in total. The molecule has 0 aromatic heterocycles. The molecule has 0 unspecified atom stereocenters. The molecule has 6 heteroatoms. The maximum Gasteiger partial charge on any atom is 0.240 e. The second-order valence-corrected chi connectivity index (χ2v) is 6.05. The lowest BCUT2D eigenvalue weighted by atomic mass is 10.1. The summed E-state index contributed by atoms with van der Waals surface area (Å²) in [5.41, 5.74) is 0. The number of carbonyl (C=O) groups is 1. The van der Waals surface area contributed by atoms with Gasteiger partial charge >= 0.3 is 0 Å². The number of rotatable bonds is 2. The van der Waals surface area contributed by atoms with Gasteiger partial charge in [0, 0.05) is 31.3 Å². The molecule has 3 aliphatic rings. The second-order valence-electron chi connectivity index (χ2n) is 5.02. The van der Waals surface area contributed by atoms with Gasteiger partial charge < -0.3 is 14.4 Å². The molecule has 18 heavy (non-hydrogen) atoms. The molecular weight excluding hydrogens is 252 g/mol. The fraction of sp³-hybridized carbons (Fsp3) is 0.917. The molecule has 0 aliphatic carbocycles. The Morgan fingerprint density at radius 2 is 2.17 bits per heavy atom. The Balaban J connectivity index is 1.57. The monoisotopic (exact) mass is 272 g/mol. The third-order valence-corrected chi connectivity index (χ3v) is 4.74. The first-order valence-electron chi connectivity index (χ1n) is 6.68. The fourth-order valence-electron chi connectivity index (χ4n) is 2.77. The molecule has 3 fully saturated rings. The normalized spacial score (nSPS) is 37.1. The number of nitrogens with zero attached hydrogens (tertiary/aromatic N) is 1. The van der Waals surface area contributed by atoms with Gasteiger partial charge in [0.05, 0.1) is 18.8 Å². The molecule has 0 radical (unpaired) electrons. The highest BCUT2D eigenvalue weighted by atomic mass is 32.2. The highest BCUT2D eigenvalue weighted by Gasteiger charge is 2.35. The van der Waals surface area contributed by atoms with Crippen LogP contribution in [0.15, 0.2) is 0 Å². The van der Waals surface area contributed by atoms with Crippen LogP contribution in [-0.2, 0) is 14.3 Å². The average molecular weight is 272 g/mol. The van der Waals surface area contributed by atoms with Crippen molar-refractivity contribution in [2.24, 2.45) is 0 Å². The number of carbonyl (C=O) groups excluding carboxylic acids is 1. The number of ether oxygens (including phenoxy) is 2. The Kier molecular flexibility index (Phi) is 4.08. The first-order valence-corrected chi connectivity index (χ1v) is 7.83. The van der Waals surface area contributed by atoms with Crippen molar-refractivity contribution in [1.29, 1.82) is 0 Å². The van der Waals surface area contributed by atoms with Gasteiger partial charge in [0.15, 0.2) is 0 Å². The summed E-state index contributed by atoms with van der Waals surface area (Å²) in [6.45, 7) is 2.87. The standard InChI is InChI=1S/C12H20N2O3S/c15-12(9-7-18-8-13-9)14-3-5-17-11(6-14)10-2-1-4-16-10/h9-11,13H,1-8H2/t9-,10+,11-/m0/s1.